The molecule has 1 N–H and O–H groups in total. The number of benzene rings is 1. The number of amides is 1. The molecule has 1 aliphatic rings. The quantitative estimate of drug-likeness (QED) is 0.880. The number of halogens is 1. The SMILES string of the molecule is CCOC(=O)c1c2c(nn1-c1cccc(Cl)c1)C(=O)NC2. The van der Waals surface area contributed by atoms with E-state index in [1.54, 1.807) is 31.2 Å². The summed E-state index contributed by atoms with van der Waals surface area (Å²) in [6.45, 7) is 2.24. The number of hydrogen-bond donors (Lipinski definition) is 1. The first kappa shape index (κ1) is 13.6. The largest absolute Gasteiger partial charge is 0.461 e. The number of ether oxygens (including phenoxy) is 1. The summed E-state index contributed by atoms with van der Waals surface area (Å²) in [4.78, 5) is 23.9. The molecule has 108 valence electrons. The molecule has 1 aliphatic heterocycles. The van der Waals surface area contributed by atoms with Crippen molar-refractivity contribution in [2.45, 2.75) is 13.5 Å². The molecule has 0 atom stereocenters. The first-order valence-electron chi connectivity index (χ1n) is 6.45. The van der Waals surface area contributed by atoms with Gasteiger partial charge in [-0.25, -0.2) is 9.48 Å². The average molecular weight is 306 g/mol. The molecule has 2 heterocycles. The number of fused-ring (bicyclic) bond motifs is 1. The fourth-order valence-electron chi connectivity index (χ4n) is 2.26. The second-order valence-corrected chi connectivity index (χ2v) is 4.91. The molecule has 0 radical (unpaired) electrons. The molecule has 21 heavy (non-hydrogen) atoms. The van der Waals surface area contributed by atoms with Crippen LogP contribution in [0.4, 0.5) is 0 Å². The maximum Gasteiger partial charge on any atom is 0.357 e. The van der Waals surface area contributed by atoms with E-state index in [2.05, 4.69) is 10.4 Å². The first-order valence-corrected chi connectivity index (χ1v) is 6.82. The van der Waals surface area contributed by atoms with Crippen molar-refractivity contribution >= 4 is 23.5 Å². The molecular formula is C14H12ClN3O3. The molecule has 0 spiro atoms. The molecular weight excluding hydrogens is 294 g/mol. The fraction of sp³-hybridized carbons (Fsp3) is 0.214. The van der Waals surface area contributed by atoms with Crippen molar-refractivity contribution in [2.75, 3.05) is 6.61 Å². The Kier molecular flexibility index (Phi) is 3.39. The Bertz CT molecular complexity index is 739. The Morgan fingerprint density at radius 2 is 2.33 bits per heavy atom. The van der Waals surface area contributed by atoms with Crippen LogP contribution in [-0.2, 0) is 11.3 Å². The number of nitrogens with one attached hydrogen (secondary N) is 1. The fourth-order valence-corrected chi connectivity index (χ4v) is 2.44. The van der Waals surface area contributed by atoms with E-state index in [1.165, 1.54) is 4.68 Å². The van der Waals surface area contributed by atoms with Crippen molar-refractivity contribution in [1.29, 1.82) is 0 Å². The van der Waals surface area contributed by atoms with Gasteiger partial charge in [-0.05, 0) is 25.1 Å². The second-order valence-electron chi connectivity index (χ2n) is 4.47. The third-order valence-electron chi connectivity index (χ3n) is 3.15. The van der Waals surface area contributed by atoms with Gasteiger partial charge < -0.3 is 10.1 Å². The Hall–Kier alpha value is -2.34. The average Bonchev–Trinajstić information content (AvgIpc) is 2.99. The highest BCUT2D eigenvalue weighted by Crippen LogP contribution is 2.24. The number of aromatic nitrogens is 2. The number of rotatable bonds is 3. The van der Waals surface area contributed by atoms with Gasteiger partial charge in [-0.2, -0.15) is 5.10 Å². The lowest BCUT2D eigenvalue weighted by atomic mass is 10.2. The van der Waals surface area contributed by atoms with Gasteiger partial charge in [0.25, 0.3) is 5.91 Å². The Morgan fingerprint density at radius 1 is 1.52 bits per heavy atom. The zero-order valence-electron chi connectivity index (χ0n) is 11.2. The van der Waals surface area contributed by atoms with Crippen molar-refractivity contribution in [3.63, 3.8) is 0 Å². The number of esters is 1. The van der Waals surface area contributed by atoms with Gasteiger partial charge in [0.1, 0.15) is 0 Å². The first-order chi connectivity index (χ1) is 10.1. The molecule has 0 fully saturated rings. The maximum absolute atomic E-state index is 12.2. The lowest BCUT2D eigenvalue weighted by molar-refractivity contribution is 0.0514. The van der Waals surface area contributed by atoms with Crippen molar-refractivity contribution in [3.05, 3.63) is 46.2 Å². The predicted molar refractivity (Wildman–Crippen MR) is 75.7 cm³/mol. The molecule has 0 aliphatic carbocycles. The van der Waals surface area contributed by atoms with Crippen molar-refractivity contribution in [2.24, 2.45) is 0 Å². The standard InChI is InChI=1S/C14H12ClN3O3/c1-2-21-14(20)12-10-7-16-13(19)11(10)17-18(12)9-5-3-4-8(15)6-9/h3-6H,2,7H2,1H3,(H,16,19). The van der Waals surface area contributed by atoms with Crippen LogP contribution in [0.1, 0.15) is 33.5 Å². The van der Waals surface area contributed by atoms with E-state index in [4.69, 9.17) is 16.3 Å². The lowest BCUT2D eigenvalue weighted by Crippen LogP contribution is -2.19. The van der Waals surface area contributed by atoms with Crippen LogP contribution in [0.25, 0.3) is 5.69 Å². The van der Waals surface area contributed by atoms with Crippen LogP contribution in [0.3, 0.4) is 0 Å². The second kappa shape index (κ2) is 5.21. The summed E-state index contributed by atoms with van der Waals surface area (Å²) in [7, 11) is 0. The third-order valence-corrected chi connectivity index (χ3v) is 3.38. The minimum absolute atomic E-state index is 0.246. The van der Waals surface area contributed by atoms with E-state index in [1.807, 2.05) is 0 Å². The lowest BCUT2D eigenvalue weighted by Gasteiger charge is -2.09. The minimum atomic E-state index is -0.511. The van der Waals surface area contributed by atoms with Crippen molar-refractivity contribution < 1.29 is 14.3 Å². The highest BCUT2D eigenvalue weighted by atomic mass is 35.5. The van der Waals surface area contributed by atoms with E-state index in [-0.39, 0.29) is 30.4 Å². The molecule has 1 aromatic heterocycles. The van der Waals surface area contributed by atoms with Crippen molar-refractivity contribution in [3.8, 4) is 5.69 Å². The maximum atomic E-state index is 12.2. The third kappa shape index (κ3) is 2.27. The van der Waals surface area contributed by atoms with Crippen molar-refractivity contribution in [1.82, 2.24) is 15.1 Å². The summed E-state index contributed by atoms with van der Waals surface area (Å²) >= 11 is 5.97. The van der Waals surface area contributed by atoms with Gasteiger partial charge >= 0.3 is 5.97 Å². The van der Waals surface area contributed by atoms with Gasteiger partial charge in [0.15, 0.2) is 11.4 Å². The van der Waals surface area contributed by atoms with E-state index < -0.39 is 5.97 Å². The van der Waals surface area contributed by atoms with Gasteiger partial charge in [0, 0.05) is 17.1 Å². The Morgan fingerprint density at radius 3 is 3.05 bits per heavy atom. The van der Waals surface area contributed by atoms with Gasteiger partial charge in [-0.3, -0.25) is 4.79 Å². The Labute approximate surface area is 125 Å². The minimum Gasteiger partial charge on any atom is -0.461 e. The van der Waals surface area contributed by atoms with Crippen LogP contribution in [0.5, 0.6) is 0 Å². The molecule has 1 amide bonds. The van der Waals surface area contributed by atoms with E-state index in [9.17, 15) is 9.59 Å². The predicted octanol–water partition coefficient (Wildman–Crippen LogP) is 1.95. The smallest absolute Gasteiger partial charge is 0.357 e. The molecule has 0 saturated carbocycles. The molecule has 3 rings (SSSR count). The van der Waals surface area contributed by atoms with Crippen LogP contribution < -0.4 is 5.32 Å². The van der Waals surface area contributed by atoms with E-state index >= 15 is 0 Å². The number of carbonyl (C=O) groups excluding carboxylic acids is 2. The van der Waals surface area contributed by atoms with Gasteiger partial charge in [0.05, 0.1) is 12.3 Å². The highest BCUT2D eigenvalue weighted by molar-refractivity contribution is 6.30. The van der Waals surface area contributed by atoms with Crippen LogP contribution >= 0.6 is 11.6 Å². The monoisotopic (exact) mass is 305 g/mol. The van der Waals surface area contributed by atoms with Gasteiger partial charge in [-0.1, -0.05) is 17.7 Å². The summed E-state index contributed by atoms with van der Waals surface area (Å²) in [5.74, 6) is -0.806. The molecule has 7 heteroatoms. The zero-order chi connectivity index (χ0) is 15.0. The molecule has 6 nitrogen and oxygen atoms in total. The molecule has 2 aromatic rings. The van der Waals surface area contributed by atoms with Gasteiger partial charge in [0.2, 0.25) is 0 Å². The van der Waals surface area contributed by atoms with Gasteiger partial charge in [-0.15, -0.1) is 0 Å². The summed E-state index contributed by atoms with van der Waals surface area (Å²) < 4.78 is 6.48. The summed E-state index contributed by atoms with van der Waals surface area (Å²) in [5.41, 5.74) is 1.66. The zero-order valence-corrected chi connectivity index (χ0v) is 12.0. The van der Waals surface area contributed by atoms with E-state index in [0.717, 1.165) is 0 Å². The number of nitrogens with zero attached hydrogens (tertiary/aromatic N) is 2. The van der Waals surface area contributed by atoms with Crippen LogP contribution in [0, 0.1) is 0 Å². The highest BCUT2D eigenvalue weighted by Gasteiger charge is 2.32. The molecule has 1 aromatic carbocycles. The summed E-state index contributed by atoms with van der Waals surface area (Å²) in [6, 6.07) is 6.90. The number of hydrogen-bond acceptors (Lipinski definition) is 4. The van der Waals surface area contributed by atoms with E-state index in [0.29, 0.717) is 16.3 Å². The number of carbonyl (C=O) groups is 2. The van der Waals surface area contributed by atoms with Crippen LogP contribution in [0.2, 0.25) is 5.02 Å². The Balaban J connectivity index is 2.18. The summed E-state index contributed by atoms with van der Waals surface area (Å²) in [5, 5.41) is 7.39. The summed E-state index contributed by atoms with van der Waals surface area (Å²) in [6.07, 6.45) is 0. The molecule has 0 saturated heterocycles. The van der Waals surface area contributed by atoms with Crippen LogP contribution in [-0.4, -0.2) is 28.3 Å². The van der Waals surface area contributed by atoms with Crippen LogP contribution in [0.15, 0.2) is 24.3 Å². The molecule has 0 unspecified atom stereocenters. The topological polar surface area (TPSA) is 73.2 Å². The normalized spacial score (nSPS) is 13.0. The molecule has 0 bridgehead atoms.